The van der Waals surface area contributed by atoms with Gasteiger partial charge in [-0.25, -0.2) is 0 Å². The minimum absolute atomic E-state index is 0.252. The van der Waals surface area contributed by atoms with Gasteiger partial charge in [-0.1, -0.05) is 53.7 Å². The standard InChI is InChI=1S/C15H20BrNO2/c16-13-7-5-12(6-8-13)11-19-14(18)15(17)9-3-1-2-4-10-15/h5-8H,1-4,9-11,17H2. The summed E-state index contributed by atoms with van der Waals surface area (Å²) in [6.45, 7) is 0.297. The number of carbonyl (C=O) groups is 1. The van der Waals surface area contributed by atoms with Gasteiger partial charge in [-0.15, -0.1) is 0 Å². The molecule has 0 spiro atoms. The van der Waals surface area contributed by atoms with E-state index in [1.165, 1.54) is 12.8 Å². The molecular formula is C15H20BrNO2. The lowest BCUT2D eigenvalue weighted by Crippen LogP contribution is -2.48. The third-order valence-corrected chi connectivity index (χ3v) is 4.21. The molecule has 1 saturated carbocycles. The molecule has 1 aliphatic rings. The van der Waals surface area contributed by atoms with Crippen molar-refractivity contribution in [3.8, 4) is 0 Å². The summed E-state index contributed by atoms with van der Waals surface area (Å²) in [6, 6.07) is 7.75. The van der Waals surface area contributed by atoms with Crippen LogP contribution in [0.15, 0.2) is 28.7 Å². The molecule has 0 unspecified atom stereocenters. The van der Waals surface area contributed by atoms with Gasteiger partial charge >= 0.3 is 5.97 Å². The summed E-state index contributed by atoms with van der Waals surface area (Å²) in [7, 11) is 0. The van der Waals surface area contributed by atoms with Crippen LogP contribution in [0, 0.1) is 0 Å². The summed E-state index contributed by atoms with van der Waals surface area (Å²) in [5.74, 6) is -0.252. The lowest BCUT2D eigenvalue weighted by molar-refractivity contribution is -0.152. The maximum absolute atomic E-state index is 12.2. The van der Waals surface area contributed by atoms with Crippen molar-refractivity contribution in [1.29, 1.82) is 0 Å². The summed E-state index contributed by atoms with van der Waals surface area (Å²) in [5.41, 5.74) is 6.42. The number of hydrogen-bond acceptors (Lipinski definition) is 3. The lowest BCUT2D eigenvalue weighted by atomic mass is 9.92. The summed E-state index contributed by atoms with van der Waals surface area (Å²) in [6.07, 6.45) is 5.85. The Labute approximate surface area is 122 Å². The Kier molecular flexibility index (Phi) is 4.99. The van der Waals surface area contributed by atoms with E-state index in [2.05, 4.69) is 15.9 Å². The van der Waals surface area contributed by atoms with Crippen LogP contribution in [-0.2, 0) is 16.1 Å². The van der Waals surface area contributed by atoms with Crippen LogP contribution >= 0.6 is 15.9 Å². The quantitative estimate of drug-likeness (QED) is 0.683. The molecule has 4 heteroatoms. The first-order valence-electron chi connectivity index (χ1n) is 6.81. The van der Waals surface area contributed by atoms with Gasteiger partial charge in [-0.3, -0.25) is 4.79 Å². The first-order chi connectivity index (χ1) is 9.10. The Morgan fingerprint density at radius 1 is 1.16 bits per heavy atom. The molecule has 0 bridgehead atoms. The fourth-order valence-corrected chi connectivity index (χ4v) is 2.70. The highest BCUT2D eigenvalue weighted by Gasteiger charge is 2.35. The largest absolute Gasteiger partial charge is 0.459 e. The summed E-state index contributed by atoms with van der Waals surface area (Å²) < 4.78 is 6.40. The average molecular weight is 326 g/mol. The number of benzene rings is 1. The van der Waals surface area contributed by atoms with Crippen LogP contribution in [0.2, 0.25) is 0 Å². The first-order valence-corrected chi connectivity index (χ1v) is 7.60. The second-order valence-electron chi connectivity index (χ2n) is 5.27. The third-order valence-electron chi connectivity index (χ3n) is 3.69. The Morgan fingerprint density at radius 2 is 1.74 bits per heavy atom. The van der Waals surface area contributed by atoms with E-state index >= 15 is 0 Å². The minimum Gasteiger partial charge on any atom is -0.459 e. The Bertz CT molecular complexity index is 422. The maximum Gasteiger partial charge on any atom is 0.326 e. The highest BCUT2D eigenvalue weighted by atomic mass is 79.9. The zero-order valence-corrected chi connectivity index (χ0v) is 12.6. The van der Waals surface area contributed by atoms with Gasteiger partial charge in [-0.2, -0.15) is 0 Å². The lowest BCUT2D eigenvalue weighted by Gasteiger charge is -2.25. The normalized spacial score (nSPS) is 18.6. The van der Waals surface area contributed by atoms with Gasteiger partial charge in [0.1, 0.15) is 12.1 Å². The van der Waals surface area contributed by atoms with Crippen molar-refractivity contribution in [3.05, 3.63) is 34.3 Å². The van der Waals surface area contributed by atoms with Crippen molar-refractivity contribution in [1.82, 2.24) is 0 Å². The van der Waals surface area contributed by atoms with Gasteiger partial charge in [-0.05, 0) is 30.5 Å². The van der Waals surface area contributed by atoms with Crippen molar-refractivity contribution in [2.24, 2.45) is 5.73 Å². The first kappa shape index (κ1) is 14.5. The van der Waals surface area contributed by atoms with Crippen molar-refractivity contribution in [2.75, 3.05) is 0 Å². The second-order valence-corrected chi connectivity index (χ2v) is 6.19. The zero-order chi connectivity index (χ0) is 13.7. The van der Waals surface area contributed by atoms with Crippen LogP contribution in [0.4, 0.5) is 0 Å². The number of nitrogens with two attached hydrogens (primary N) is 1. The van der Waals surface area contributed by atoms with Crippen LogP contribution < -0.4 is 5.73 Å². The van der Waals surface area contributed by atoms with E-state index in [1.807, 2.05) is 24.3 Å². The average Bonchev–Trinajstić information content (AvgIpc) is 2.64. The SMILES string of the molecule is NC1(C(=O)OCc2ccc(Br)cc2)CCCCCC1. The molecule has 0 radical (unpaired) electrons. The molecule has 0 aliphatic heterocycles. The molecule has 0 saturated heterocycles. The summed E-state index contributed by atoms with van der Waals surface area (Å²) in [5, 5.41) is 0. The molecule has 1 aliphatic carbocycles. The number of hydrogen-bond donors (Lipinski definition) is 1. The topological polar surface area (TPSA) is 52.3 Å². The van der Waals surface area contributed by atoms with E-state index in [9.17, 15) is 4.79 Å². The smallest absolute Gasteiger partial charge is 0.326 e. The highest BCUT2D eigenvalue weighted by molar-refractivity contribution is 9.10. The molecule has 1 aromatic rings. The van der Waals surface area contributed by atoms with Gasteiger partial charge in [0.15, 0.2) is 0 Å². The summed E-state index contributed by atoms with van der Waals surface area (Å²) >= 11 is 3.38. The van der Waals surface area contributed by atoms with E-state index < -0.39 is 5.54 Å². The van der Waals surface area contributed by atoms with Crippen molar-refractivity contribution in [2.45, 2.75) is 50.7 Å². The molecule has 0 amide bonds. The molecule has 19 heavy (non-hydrogen) atoms. The van der Waals surface area contributed by atoms with Gasteiger partial charge in [0.05, 0.1) is 0 Å². The molecule has 2 N–H and O–H groups in total. The zero-order valence-electron chi connectivity index (χ0n) is 11.0. The molecule has 0 atom stereocenters. The maximum atomic E-state index is 12.2. The van der Waals surface area contributed by atoms with E-state index in [-0.39, 0.29) is 5.97 Å². The predicted octanol–water partition coefficient (Wildman–Crippen LogP) is 3.54. The molecule has 1 fully saturated rings. The van der Waals surface area contributed by atoms with Crippen LogP contribution in [0.3, 0.4) is 0 Å². The molecule has 0 aromatic heterocycles. The van der Waals surface area contributed by atoms with E-state index in [0.717, 1.165) is 35.7 Å². The van der Waals surface area contributed by atoms with Crippen molar-refractivity contribution >= 4 is 21.9 Å². The number of halogens is 1. The Hall–Kier alpha value is -0.870. The van der Waals surface area contributed by atoms with Gasteiger partial charge < -0.3 is 10.5 Å². The van der Waals surface area contributed by atoms with Gasteiger partial charge in [0.25, 0.3) is 0 Å². The Balaban J connectivity index is 1.91. The molecule has 104 valence electrons. The van der Waals surface area contributed by atoms with Gasteiger partial charge in [0.2, 0.25) is 0 Å². The number of esters is 1. The highest BCUT2D eigenvalue weighted by Crippen LogP contribution is 2.26. The second kappa shape index (κ2) is 6.53. The van der Waals surface area contributed by atoms with E-state index in [4.69, 9.17) is 10.5 Å². The molecule has 3 nitrogen and oxygen atoms in total. The molecule has 0 heterocycles. The van der Waals surface area contributed by atoms with Crippen LogP contribution in [-0.4, -0.2) is 11.5 Å². The van der Waals surface area contributed by atoms with Crippen LogP contribution in [0.25, 0.3) is 0 Å². The number of rotatable bonds is 3. The van der Waals surface area contributed by atoms with Gasteiger partial charge in [0, 0.05) is 4.47 Å². The fourth-order valence-electron chi connectivity index (χ4n) is 2.44. The third kappa shape index (κ3) is 4.05. The van der Waals surface area contributed by atoms with Crippen molar-refractivity contribution < 1.29 is 9.53 Å². The minimum atomic E-state index is -0.772. The number of ether oxygens (including phenoxy) is 1. The Morgan fingerprint density at radius 3 is 2.32 bits per heavy atom. The molecule has 2 rings (SSSR count). The van der Waals surface area contributed by atoms with Crippen LogP contribution in [0.1, 0.15) is 44.1 Å². The van der Waals surface area contributed by atoms with E-state index in [1.54, 1.807) is 0 Å². The fraction of sp³-hybridized carbons (Fsp3) is 0.533. The molecular weight excluding hydrogens is 306 g/mol. The predicted molar refractivity (Wildman–Crippen MR) is 78.6 cm³/mol. The van der Waals surface area contributed by atoms with Crippen LogP contribution in [0.5, 0.6) is 0 Å². The van der Waals surface area contributed by atoms with Crippen molar-refractivity contribution in [3.63, 3.8) is 0 Å². The number of carbonyl (C=O) groups excluding carboxylic acids is 1. The van der Waals surface area contributed by atoms with E-state index in [0.29, 0.717) is 6.61 Å². The summed E-state index contributed by atoms with van der Waals surface area (Å²) in [4.78, 5) is 12.2. The molecule has 1 aromatic carbocycles. The monoisotopic (exact) mass is 325 g/mol.